The van der Waals surface area contributed by atoms with Crippen LogP contribution >= 0.6 is 0 Å². The van der Waals surface area contributed by atoms with Crippen LogP contribution in [0, 0.1) is 11.8 Å². The van der Waals surface area contributed by atoms with Crippen LogP contribution in [0.3, 0.4) is 0 Å². The molecular formula is C33H38N6O3. The summed E-state index contributed by atoms with van der Waals surface area (Å²) in [6.45, 7) is 4.90. The number of nitrogens with two attached hydrogens (primary N) is 1. The van der Waals surface area contributed by atoms with Crippen LogP contribution in [0.1, 0.15) is 54.4 Å². The Hall–Kier alpha value is -3.85. The van der Waals surface area contributed by atoms with Gasteiger partial charge in [0.2, 0.25) is 5.91 Å². The molecule has 2 saturated heterocycles. The smallest absolute Gasteiger partial charge is 0.254 e. The molecule has 42 heavy (non-hydrogen) atoms. The molecule has 3 atom stereocenters. The van der Waals surface area contributed by atoms with Crippen molar-refractivity contribution in [2.24, 2.45) is 24.6 Å². The van der Waals surface area contributed by atoms with Crippen molar-refractivity contribution in [2.45, 2.75) is 57.2 Å². The molecule has 2 aliphatic heterocycles. The number of imidazole rings is 1. The molecule has 218 valence electrons. The molecule has 4 heterocycles. The molecule has 9 heteroatoms. The van der Waals surface area contributed by atoms with E-state index in [0.29, 0.717) is 29.1 Å². The van der Waals surface area contributed by atoms with Crippen molar-refractivity contribution in [3.8, 4) is 17.3 Å². The quantitative estimate of drug-likeness (QED) is 0.379. The van der Waals surface area contributed by atoms with Crippen molar-refractivity contribution in [1.82, 2.24) is 23.9 Å². The van der Waals surface area contributed by atoms with Gasteiger partial charge in [-0.05, 0) is 67.3 Å². The monoisotopic (exact) mass is 566 g/mol. The minimum atomic E-state index is 0.0137. The lowest BCUT2D eigenvalue weighted by Gasteiger charge is -2.39. The van der Waals surface area contributed by atoms with Crippen LogP contribution < -0.4 is 10.5 Å². The Kier molecular flexibility index (Phi) is 5.74. The van der Waals surface area contributed by atoms with E-state index in [-0.39, 0.29) is 23.9 Å². The molecule has 0 unspecified atom stereocenters. The highest BCUT2D eigenvalue weighted by Gasteiger charge is 2.47. The second kappa shape index (κ2) is 9.33. The molecule has 2 aliphatic carbocycles. The molecule has 9 nitrogen and oxygen atoms in total. The lowest BCUT2D eigenvalue weighted by Crippen LogP contribution is -2.47. The minimum absolute atomic E-state index is 0.0137. The number of amides is 2. The molecular weight excluding hydrogens is 528 g/mol. The van der Waals surface area contributed by atoms with Crippen LogP contribution in [0.2, 0.25) is 0 Å². The number of benzene rings is 2. The average Bonchev–Trinajstić information content (AvgIpc) is 3.36. The predicted octanol–water partition coefficient (Wildman–Crippen LogP) is 4.12. The van der Waals surface area contributed by atoms with E-state index in [0.717, 1.165) is 61.6 Å². The summed E-state index contributed by atoms with van der Waals surface area (Å²) in [6, 6.07) is 13.0. The van der Waals surface area contributed by atoms with E-state index < -0.39 is 0 Å². The summed E-state index contributed by atoms with van der Waals surface area (Å²) in [5, 5.41) is 1.19. The molecule has 2 aromatic heterocycles. The van der Waals surface area contributed by atoms with E-state index in [1.165, 1.54) is 29.3 Å². The first-order valence-electron chi connectivity index (χ1n) is 15.3. The molecule has 2 N–H and O–H groups in total. The Bertz CT molecular complexity index is 1760. The first-order valence-corrected chi connectivity index (χ1v) is 15.3. The topological polar surface area (TPSA) is 98.6 Å². The highest BCUT2D eigenvalue weighted by Crippen LogP contribution is 2.41. The molecule has 2 aromatic carbocycles. The van der Waals surface area contributed by atoms with E-state index >= 15 is 0 Å². The van der Waals surface area contributed by atoms with Crippen LogP contribution in [0.15, 0.2) is 36.4 Å². The Labute approximate surface area is 245 Å². The zero-order valence-electron chi connectivity index (χ0n) is 24.5. The molecule has 4 fully saturated rings. The molecule has 2 bridgehead atoms. The van der Waals surface area contributed by atoms with Gasteiger partial charge in [-0.15, -0.1) is 0 Å². The number of fused-ring (bicyclic) bond motifs is 4. The predicted molar refractivity (Wildman–Crippen MR) is 161 cm³/mol. The molecule has 4 aliphatic rings. The fourth-order valence-corrected chi connectivity index (χ4v) is 7.68. The van der Waals surface area contributed by atoms with Crippen molar-refractivity contribution < 1.29 is 14.3 Å². The third kappa shape index (κ3) is 3.89. The number of methoxy groups -OCH3 is 1. The highest BCUT2D eigenvalue weighted by molar-refractivity contribution is 6.00. The normalized spacial score (nSPS) is 23.8. The van der Waals surface area contributed by atoms with Gasteiger partial charge in [0.15, 0.2) is 5.82 Å². The SMILES string of the molecule is COc1cc(C(=O)N2C[C@H]3CC[C@@H]2[C@@H]3N)cc2nc(-c3cc4ccc(C5CN(C(C)=O)C5)cc4n3CC3CC3)n(C)c12. The lowest BCUT2D eigenvalue weighted by molar-refractivity contribution is -0.133. The van der Waals surface area contributed by atoms with E-state index in [9.17, 15) is 9.59 Å². The number of hydrogen-bond acceptors (Lipinski definition) is 5. The maximum atomic E-state index is 13.7. The van der Waals surface area contributed by atoms with Gasteiger partial charge in [0, 0.05) is 74.6 Å². The molecule has 2 amide bonds. The Morgan fingerprint density at radius 3 is 2.52 bits per heavy atom. The number of hydrogen-bond donors (Lipinski definition) is 1. The third-order valence-corrected chi connectivity index (χ3v) is 10.4. The van der Waals surface area contributed by atoms with Gasteiger partial charge in [-0.3, -0.25) is 9.59 Å². The van der Waals surface area contributed by atoms with E-state index in [4.69, 9.17) is 15.5 Å². The number of piperidine rings is 1. The van der Waals surface area contributed by atoms with Gasteiger partial charge in [0.05, 0.1) is 18.3 Å². The maximum Gasteiger partial charge on any atom is 0.254 e. The number of likely N-dealkylation sites (tertiary alicyclic amines) is 2. The molecule has 2 saturated carbocycles. The molecule has 0 radical (unpaired) electrons. The highest BCUT2D eigenvalue weighted by atomic mass is 16.5. The van der Waals surface area contributed by atoms with Gasteiger partial charge in [-0.2, -0.15) is 0 Å². The maximum absolute atomic E-state index is 13.7. The van der Waals surface area contributed by atoms with Crippen molar-refractivity contribution in [3.05, 3.63) is 47.5 Å². The van der Waals surface area contributed by atoms with Crippen molar-refractivity contribution >= 4 is 33.8 Å². The Balaban J connectivity index is 1.20. The Morgan fingerprint density at radius 1 is 1.05 bits per heavy atom. The fraction of sp³-hybridized carbons (Fsp3) is 0.485. The summed E-state index contributed by atoms with van der Waals surface area (Å²) in [5.74, 6) is 3.12. The summed E-state index contributed by atoms with van der Waals surface area (Å²) in [5.41, 5.74) is 12.2. The van der Waals surface area contributed by atoms with E-state index in [2.05, 4.69) is 33.4 Å². The molecule has 8 rings (SSSR count). The number of carbonyl (C=O) groups is 2. The van der Waals surface area contributed by atoms with Crippen LogP contribution in [-0.4, -0.2) is 74.6 Å². The van der Waals surface area contributed by atoms with Crippen molar-refractivity contribution in [3.63, 3.8) is 0 Å². The first kappa shape index (κ1) is 25.8. The Morgan fingerprint density at radius 2 is 1.86 bits per heavy atom. The average molecular weight is 567 g/mol. The number of carbonyl (C=O) groups excluding carboxylic acids is 2. The molecule has 4 aromatic rings. The number of aryl methyl sites for hydroxylation is 1. The van der Waals surface area contributed by atoms with Crippen molar-refractivity contribution in [2.75, 3.05) is 26.7 Å². The summed E-state index contributed by atoms with van der Waals surface area (Å²) in [4.78, 5) is 34.4. The van der Waals surface area contributed by atoms with Crippen LogP contribution in [0.4, 0.5) is 0 Å². The van der Waals surface area contributed by atoms with Gasteiger partial charge in [0.25, 0.3) is 5.91 Å². The standard InChI is InChI=1S/C33H38N6O3/c1-18(40)37-15-24(16-37)20-6-7-21-12-28(38(27(21)11-20)14-19-4-5-19)32-35-25-10-23(13-29(42-3)31(25)36(32)2)33(41)39-17-22-8-9-26(39)30(22)34/h6-7,10-13,19,22,24,26,30H,4-5,8-9,14-17,34H2,1-3H3/t22-,26-,30-/m1/s1. The summed E-state index contributed by atoms with van der Waals surface area (Å²) < 4.78 is 10.4. The van der Waals surface area contributed by atoms with E-state index in [1.807, 2.05) is 29.0 Å². The largest absolute Gasteiger partial charge is 0.494 e. The summed E-state index contributed by atoms with van der Waals surface area (Å²) in [6.07, 6.45) is 4.58. The zero-order valence-corrected chi connectivity index (χ0v) is 24.5. The van der Waals surface area contributed by atoms with Crippen molar-refractivity contribution in [1.29, 1.82) is 0 Å². The first-order chi connectivity index (χ1) is 20.3. The summed E-state index contributed by atoms with van der Waals surface area (Å²) in [7, 11) is 3.69. The zero-order chi connectivity index (χ0) is 28.9. The number of nitrogens with zero attached hydrogens (tertiary/aromatic N) is 5. The van der Waals surface area contributed by atoms with E-state index in [1.54, 1.807) is 14.0 Å². The number of aromatic nitrogens is 3. The number of rotatable bonds is 6. The number of ether oxygens (including phenoxy) is 1. The second-order valence-corrected chi connectivity index (χ2v) is 13.0. The van der Waals surface area contributed by atoms with Gasteiger partial charge in [-0.25, -0.2) is 4.98 Å². The van der Waals surface area contributed by atoms with Gasteiger partial charge in [0.1, 0.15) is 11.3 Å². The van der Waals surface area contributed by atoms with Gasteiger partial charge >= 0.3 is 0 Å². The summed E-state index contributed by atoms with van der Waals surface area (Å²) >= 11 is 0. The van der Waals surface area contributed by atoms with Gasteiger partial charge < -0.3 is 29.4 Å². The van der Waals surface area contributed by atoms with Crippen LogP contribution in [-0.2, 0) is 18.4 Å². The second-order valence-electron chi connectivity index (χ2n) is 13.0. The lowest BCUT2D eigenvalue weighted by atomic mass is 9.91. The van der Waals surface area contributed by atoms with Gasteiger partial charge in [-0.1, -0.05) is 12.1 Å². The van der Waals surface area contributed by atoms with Crippen LogP contribution in [0.25, 0.3) is 33.5 Å². The molecule has 0 spiro atoms. The van der Waals surface area contributed by atoms with Crippen LogP contribution in [0.5, 0.6) is 5.75 Å². The third-order valence-electron chi connectivity index (χ3n) is 10.4. The minimum Gasteiger partial charge on any atom is -0.494 e. The fourth-order valence-electron chi connectivity index (χ4n) is 7.68.